The van der Waals surface area contributed by atoms with Crippen molar-refractivity contribution < 1.29 is 5.11 Å². The first-order valence-corrected chi connectivity index (χ1v) is 6.56. The van der Waals surface area contributed by atoms with Crippen molar-refractivity contribution in [3.8, 4) is 0 Å². The molecule has 0 heterocycles. The van der Waals surface area contributed by atoms with Crippen molar-refractivity contribution in [2.45, 2.75) is 26.3 Å². The number of anilines is 2. The van der Waals surface area contributed by atoms with Crippen molar-refractivity contribution in [2.24, 2.45) is 0 Å². The molecule has 1 aromatic rings. The standard InChI is InChI=1S/C12H19IN2O/c1-9(2)15(6-3-7-16)12-5-4-10(14)8-11(12)13/h4-5,8-9,16H,3,6-7,14H2,1-2H3. The lowest BCUT2D eigenvalue weighted by molar-refractivity contribution is 0.288. The second-order valence-electron chi connectivity index (χ2n) is 4.08. The zero-order chi connectivity index (χ0) is 12.1. The Hall–Kier alpha value is -0.490. The Bertz CT molecular complexity index is 342. The van der Waals surface area contributed by atoms with Crippen molar-refractivity contribution >= 4 is 34.0 Å². The summed E-state index contributed by atoms with van der Waals surface area (Å²) in [4.78, 5) is 2.29. The van der Waals surface area contributed by atoms with Crippen molar-refractivity contribution in [1.29, 1.82) is 0 Å². The minimum Gasteiger partial charge on any atom is -0.399 e. The molecule has 4 heteroatoms. The predicted molar refractivity (Wildman–Crippen MR) is 77.8 cm³/mol. The van der Waals surface area contributed by atoms with Gasteiger partial charge in [0.25, 0.3) is 0 Å². The highest BCUT2D eigenvalue weighted by Gasteiger charge is 2.12. The maximum Gasteiger partial charge on any atom is 0.0505 e. The molecule has 16 heavy (non-hydrogen) atoms. The monoisotopic (exact) mass is 334 g/mol. The molecule has 0 radical (unpaired) electrons. The van der Waals surface area contributed by atoms with E-state index in [1.165, 1.54) is 5.69 Å². The van der Waals surface area contributed by atoms with Crippen LogP contribution in [0.3, 0.4) is 0 Å². The first kappa shape index (κ1) is 13.6. The first-order chi connectivity index (χ1) is 7.56. The van der Waals surface area contributed by atoms with Crippen LogP contribution in [0.1, 0.15) is 20.3 Å². The average molecular weight is 334 g/mol. The van der Waals surface area contributed by atoms with Crippen LogP contribution in [-0.4, -0.2) is 24.3 Å². The number of nitrogens with zero attached hydrogens (tertiary/aromatic N) is 1. The van der Waals surface area contributed by atoms with Gasteiger partial charge in [-0.2, -0.15) is 0 Å². The van der Waals surface area contributed by atoms with Gasteiger partial charge in [-0.05, 0) is 61.1 Å². The summed E-state index contributed by atoms with van der Waals surface area (Å²) in [5.74, 6) is 0. The Morgan fingerprint density at radius 2 is 2.12 bits per heavy atom. The molecule has 0 bridgehead atoms. The van der Waals surface area contributed by atoms with Gasteiger partial charge in [0.15, 0.2) is 0 Å². The number of aliphatic hydroxyl groups is 1. The van der Waals surface area contributed by atoms with Gasteiger partial charge in [0, 0.05) is 28.5 Å². The molecule has 3 nitrogen and oxygen atoms in total. The Kier molecular flexibility index (Phi) is 5.34. The number of aliphatic hydroxyl groups excluding tert-OH is 1. The summed E-state index contributed by atoms with van der Waals surface area (Å²) in [6.45, 7) is 5.41. The summed E-state index contributed by atoms with van der Waals surface area (Å²) in [6.07, 6.45) is 0.790. The summed E-state index contributed by atoms with van der Waals surface area (Å²) < 4.78 is 1.16. The number of nitrogens with two attached hydrogens (primary N) is 1. The van der Waals surface area contributed by atoms with Crippen molar-refractivity contribution in [3.63, 3.8) is 0 Å². The van der Waals surface area contributed by atoms with E-state index in [4.69, 9.17) is 10.8 Å². The fourth-order valence-corrected chi connectivity index (χ4v) is 2.50. The van der Waals surface area contributed by atoms with Crippen LogP contribution in [0.25, 0.3) is 0 Å². The topological polar surface area (TPSA) is 49.5 Å². The average Bonchev–Trinajstić information content (AvgIpc) is 2.20. The van der Waals surface area contributed by atoms with Crippen molar-refractivity contribution in [2.75, 3.05) is 23.8 Å². The molecule has 1 aromatic carbocycles. The summed E-state index contributed by atoms with van der Waals surface area (Å²) in [7, 11) is 0. The lowest BCUT2D eigenvalue weighted by Crippen LogP contribution is -2.32. The van der Waals surface area contributed by atoms with Crippen LogP contribution in [0.15, 0.2) is 18.2 Å². The fraction of sp³-hybridized carbons (Fsp3) is 0.500. The van der Waals surface area contributed by atoms with E-state index in [1.807, 2.05) is 12.1 Å². The highest BCUT2D eigenvalue weighted by atomic mass is 127. The Morgan fingerprint density at radius 1 is 1.44 bits per heavy atom. The van der Waals surface area contributed by atoms with Gasteiger partial charge in [-0.25, -0.2) is 0 Å². The molecule has 0 aliphatic rings. The normalized spacial score (nSPS) is 10.8. The minimum absolute atomic E-state index is 0.231. The molecule has 0 aliphatic heterocycles. The van der Waals surface area contributed by atoms with Crippen LogP contribution in [0.2, 0.25) is 0 Å². The smallest absolute Gasteiger partial charge is 0.0505 e. The molecule has 0 aliphatic carbocycles. The molecule has 0 spiro atoms. The predicted octanol–water partition coefficient (Wildman–Crippen LogP) is 2.47. The lowest BCUT2D eigenvalue weighted by atomic mass is 10.2. The number of nitrogen functional groups attached to an aromatic ring is 1. The van der Waals surface area contributed by atoms with E-state index >= 15 is 0 Å². The molecular weight excluding hydrogens is 315 g/mol. The molecule has 90 valence electrons. The van der Waals surface area contributed by atoms with Gasteiger partial charge in [0.1, 0.15) is 0 Å². The van der Waals surface area contributed by atoms with Gasteiger partial charge in [0.2, 0.25) is 0 Å². The fourth-order valence-electron chi connectivity index (χ4n) is 1.65. The second-order valence-corrected chi connectivity index (χ2v) is 5.24. The number of benzene rings is 1. The summed E-state index contributed by atoms with van der Waals surface area (Å²) in [6, 6.07) is 6.37. The van der Waals surface area contributed by atoms with Crippen LogP contribution in [0, 0.1) is 3.57 Å². The zero-order valence-electron chi connectivity index (χ0n) is 9.78. The number of hydrogen-bond acceptors (Lipinski definition) is 3. The third kappa shape index (κ3) is 3.52. The maximum atomic E-state index is 8.91. The zero-order valence-corrected chi connectivity index (χ0v) is 11.9. The van der Waals surface area contributed by atoms with Crippen LogP contribution in [0.5, 0.6) is 0 Å². The molecule has 0 unspecified atom stereocenters. The molecule has 0 saturated heterocycles. The third-order valence-corrected chi connectivity index (χ3v) is 3.33. The van der Waals surface area contributed by atoms with E-state index in [1.54, 1.807) is 0 Å². The van der Waals surface area contributed by atoms with Gasteiger partial charge in [-0.1, -0.05) is 0 Å². The molecule has 0 amide bonds. The molecule has 0 fully saturated rings. The number of halogens is 1. The lowest BCUT2D eigenvalue weighted by Gasteiger charge is -2.30. The van der Waals surface area contributed by atoms with Crippen LogP contribution in [0.4, 0.5) is 11.4 Å². The van der Waals surface area contributed by atoms with E-state index in [2.05, 4.69) is 47.4 Å². The van der Waals surface area contributed by atoms with E-state index in [0.717, 1.165) is 22.2 Å². The second kappa shape index (κ2) is 6.30. The molecular formula is C12H19IN2O. The minimum atomic E-state index is 0.231. The van der Waals surface area contributed by atoms with E-state index in [0.29, 0.717) is 6.04 Å². The van der Waals surface area contributed by atoms with Gasteiger partial charge < -0.3 is 15.7 Å². The quantitative estimate of drug-likeness (QED) is 0.642. The first-order valence-electron chi connectivity index (χ1n) is 5.48. The molecule has 0 aromatic heterocycles. The highest BCUT2D eigenvalue weighted by Crippen LogP contribution is 2.26. The van der Waals surface area contributed by atoms with Crippen LogP contribution >= 0.6 is 22.6 Å². The van der Waals surface area contributed by atoms with E-state index in [9.17, 15) is 0 Å². The number of hydrogen-bond donors (Lipinski definition) is 2. The Balaban J connectivity index is 2.92. The summed E-state index contributed by atoms with van der Waals surface area (Å²) >= 11 is 2.30. The summed E-state index contributed by atoms with van der Waals surface area (Å²) in [5, 5.41) is 8.91. The molecule has 0 atom stereocenters. The van der Waals surface area contributed by atoms with E-state index < -0.39 is 0 Å². The van der Waals surface area contributed by atoms with E-state index in [-0.39, 0.29) is 6.61 Å². The van der Waals surface area contributed by atoms with Gasteiger partial charge in [-0.3, -0.25) is 0 Å². The molecule has 1 rings (SSSR count). The van der Waals surface area contributed by atoms with Gasteiger partial charge >= 0.3 is 0 Å². The SMILES string of the molecule is CC(C)N(CCCO)c1ccc(N)cc1I. The Labute approximate surface area is 111 Å². The number of rotatable bonds is 5. The Morgan fingerprint density at radius 3 is 2.62 bits per heavy atom. The van der Waals surface area contributed by atoms with Crippen molar-refractivity contribution in [1.82, 2.24) is 0 Å². The summed E-state index contributed by atoms with van der Waals surface area (Å²) in [5.41, 5.74) is 7.72. The van der Waals surface area contributed by atoms with Crippen LogP contribution < -0.4 is 10.6 Å². The maximum absolute atomic E-state index is 8.91. The van der Waals surface area contributed by atoms with Crippen molar-refractivity contribution in [3.05, 3.63) is 21.8 Å². The van der Waals surface area contributed by atoms with Crippen LogP contribution in [-0.2, 0) is 0 Å². The third-order valence-electron chi connectivity index (χ3n) is 2.46. The molecule has 3 N–H and O–H groups in total. The largest absolute Gasteiger partial charge is 0.399 e. The van der Waals surface area contributed by atoms with Gasteiger partial charge in [-0.15, -0.1) is 0 Å². The highest BCUT2D eigenvalue weighted by molar-refractivity contribution is 14.1. The molecule has 0 saturated carbocycles. The van der Waals surface area contributed by atoms with Gasteiger partial charge in [0.05, 0.1) is 5.69 Å².